The van der Waals surface area contributed by atoms with Gasteiger partial charge in [-0.3, -0.25) is 4.79 Å². The molecule has 0 saturated carbocycles. The quantitative estimate of drug-likeness (QED) is 0.860. The highest BCUT2D eigenvalue weighted by Crippen LogP contribution is 2.21. The maximum Gasteiger partial charge on any atom is 0.221 e. The van der Waals surface area contributed by atoms with Crippen molar-refractivity contribution in [3.05, 3.63) is 51.2 Å². The summed E-state index contributed by atoms with van der Waals surface area (Å²) in [5, 5.41) is 5.96. The second kappa shape index (κ2) is 6.59. The fraction of sp³-hybridized carbons (Fsp3) is 0.214. The molecular weight excluding hydrogens is 280 g/mol. The molecule has 19 heavy (non-hydrogen) atoms. The molecule has 100 valence electrons. The molecule has 0 unspecified atom stereocenters. The first-order chi connectivity index (χ1) is 9.15. The van der Waals surface area contributed by atoms with Crippen molar-refractivity contribution in [1.82, 2.24) is 0 Å². The van der Waals surface area contributed by atoms with E-state index in [0.717, 1.165) is 24.2 Å². The Morgan fingerprint density at radius 1 is 1.37 bits per heavy atom. The average Bonchev–Trinajstić information content (AvgIpc) is 2.86. The van der Waals surface area contributed by atoms with Crippen molar-refractivity contribution in [3.8, 4) is 0 Å². The van der Waals surface area contributed by atoms with Crippen molar-refractivity contribution in [2.75, 3.05) is 11.9 Å². The summed E-state index contributed by atoms with van der Waals surface area (Å²) >= 11 is 7.77. The van der Waals surface area contributed by atoms with Crippen LogP contribution in [0.1, 0.15) is 10.4 Å². The summed E-state index contributed by atoms with van der Waals surface area (Å²) in [7, 11) is 0. The van der Waals surface area contributed by atoms with E-state index in [-0.39, 0.29) is 12.3 Å². The van der Waals surface area contributed by atoms with Gasteiger partial charge >= 0.3 is 0 Å². The standard InChI is InChI=1S/C14H15ClN2OS/c15-13-4-3-11(8-10(13)9-14(16)18)17-6-5-12-2-1-7-19-12/h1-4,7-8,17H,5-6,9H2,(H2,16,18). The zero-order chi connectivity index (χ0) is 13.7. The van der Waals surface area contributed by atoms with Crippen molar-refractivity contribution >= 4 is 34.5 Å². The molecule has 1 heterocycles. The fourth-order valence-corrected chi connectivity index (χ4v) is 2.69. The average molecular weight is 295 g/mol. The Kier molecular flexibility index (Phi) is 4.82. The predicted octanol–water partition coefficient (Wildman–Crippen LogP) is 3.08. The van der Waals surface area contributed by atoms with E-state index >= 15 is 0 Å². The molecule has 0 spiro atoms. The Labute approximate surface area is 121 Å². The number of hydrogen-bond acceptors (Lipinski definition) is 3. The highest BCUT2D eigenvalue weighted by atomic mass is 35.5. The minimum atomic E-state index is -0.377. The maximum atomic E-state index is 10.9. The van der Waals surface area contributed by atoms with Gasteiger partial charge in [-0.15, -0.1) is 11.3 Å². The molecular formula is C14H15ClN2OS. The van der Waals surface area contributed by atoms with Crippen LogP contribution >= 0.6 is 22.9 Å². The topological polar surface area (TPSA) is 55.1 Å². The third-order valence-electron chi connectivity index (χ3n) is 2.69. The molecule has 1 amide bonds. The molecule has 5 heteroatoms. The molecule has 0 fully saturated rings. The van der Waals surface area contributed by atoms with Gasteiger partial charge in [-0.05, 0) is 41.6 Å². The first-order valence-corrected chi connectivity index (χ1v) is 7.24. The number of thiophene rings is 1. The Bertz CT molecular complexity index is 555. The Morgan fingerprint density at radius 3 is 2.89 bits per heavy atom. The van der Waals surface area contributed by atoms with Crippen LogP contribution in [-0.4, -0.2) is 12.5 Å². The number of hydrogen-bond donors (Lipinski definition) is 2. The second-order valence-corrected chi connectivity index (χ2v) is 5.64. The van der Waals surface area contributed by atoms with Crippen LogP contribution in [-0.2, 0) is 17.6 Å². The summed E-state index contributed by atoms with van der Waals surface area (Å²) in [6.07, 6.45) is 1.14. The van der Waals surface area contributed by atoms with Crippen LogP contribution in [0.5, 0.6) is 0 Å². The number of nitrogens with one attached hydrogen (secondary N) is 1. The number of rotatable bonds is 6. The van der Waals surface area contributed by atoms with Crippen LogP contribution in [0.2, 0.25) is 5.02 Å². The Hall–Kier alpha value is -1.52. The SMILES string of the molecule is NC(=O)Cc1cc(NCCc2cccs2)ccc1Cl. The number of anilines is 1. The lowest BCUT2D eigenvalue weighted by atomic mass is 10.1. The van der Waals surface area contributed by atoms with Gasteiger partial charge in [-0.1, -0.05) is 17.7 Å². The highest BCUT2D eigenvalue weighted by molar-refractivity contribution is 7.09. The molecule has 2 rings (SSSR count). The zero-order valence-corrected chi connectivity index (χ0v) is 11.9. The van der Waals surface area contributed by atoms with Crippen molar-refractivity contribution in [2.45, 2.75) is 12.8 Å². The molecule has 1 aromatic carbocycles. The number of benzene rings is 1. The number of primary amides is 1. The van der Waals surface area contributed by atoms with Gasteiger partial charge in [0, 0.05) is 22.1 Å². The summed E-state index contributed by atoms with van der Waals surface area (Å²) in [4.78, 5) is 12.3. The molecule has 0 radical (unpaired) electrons. The van der Waals surface area contributed by atoms with Crippen LogP contribution in [0.3, 0.4) is 0 Å². The lowest BCUT2D eigenvalue weighted by Crippen LogP contribution is -2.14. The molecule has 2 aromatic rings. The molecule has 0 saturated heterocycles. The van der Waals surface area contributed by atoms with Crippen molar-refractivity contribution in [3.63, 3.8) is 0 Å². The van der Waals surface area contributed by atoms with Crippen LogP contribution in [0.25, 0.3) is 0 Å². The van der Waals surface area contributed by atoms with Gasteiger partial charge in [0.15, 0.2) is 0 Å². The van der Waals surface area contributed by atoms with Gasteiger partial charge in [-0.25, -0.2) is 0 Å². The van der Waals surface area contributed by atoms with Gasteiger partial charge in [0.2, 0.25) is 5.91 Å². The van der Waals surface area contributed by atoms with Crippen molar-refractivity contribution < 1.29 is 4.79 Å². The Morgan fingerprint density at radius 2 is 2.21 bits per heavy atom. The normalized spacial score (nSPS) is 10.4. The van der Waals surface area contributed by atoms with Crippen molar-refractivity contribution in [1.29, 1.82) is 0 Å². The molecule has 0 aliphatic carbocycles. The van der Waals surface area contributed by atoms with E-state index < -0.39 is 0 Å². The van der Waals surface area contributed by atoms with Crippen LogP contribution in [0.15, 0.2) is 35.7 Å². The number of halogens is 1. The van der Waals surface area contributed by atoms with Crippen LogP contribution in [0.4, 0.5) is 5.69 Å². The highest BCUT2D eigenvalue weighted by Gasteiger charge is 2.05. The van der Waals surface area contributed by atoms with E-state index in [0.29, 0.717) is 5.02 Å². The zero-order valence-electron chi connectivity index (χ0n) is 10.4. The number of carbonyl (C=O) groups is 1. The molecule has 0 bridgehead atoms. The summed E-state index contributed by atoms with van der Waals surface area (Å²) in [5.41, 5.74) is 6.91. The third-order valence-corrected chi connectivity index (χ3v) is 4.00. The summed E-state index contributed by atoms with van der Waals surface area (Å²) in [6, 6.07) is 9.73. The molecule has 0 aliphatic heterocycles. The first-order valence-electron chi connectivity index (χ1n) is 5.98. The number of carbonyl (C=O) groups excluding carboxylic acids is 1. The second-order valence-electron chi connectivity index (χ2n) is 4.21. The molecule has 0 atom stereocenters. The van der Waals surface area contributed by atoms with E-state index in [1.54, 1.807) is 17.4 Å². The van der Waals surface area contributed by atoms with E-state index in [1.165, 1.54) is 4.88 Å². The maximum absolute atomic E-state index is 10.9. The van der Waals surface area contributed by atoms with Crippen LogP contribution in [0, 0.1) is 0 Å². The van der Waals surface area contributed by atoms with Crippen LogP contribution < -0.4 is 11.1 Å². The smallest absolute Gasteiger partial charge is 0.221 e. The third kappa shape index (κ3) is 4.26. The van der Waals surface area contributed by atoms with E-state index in [9.17, 15) is 4.79 Å². The lowest BCUT2D eigenvalue weighted by Gasteiger charge is -2.08. The minimum absolute atomic E-state index is 0.166. The molecule has 3 nitrogen and oxygen atoms in total. The first kappa shape index (κ1) is 13.9. The number of amides is 1. The van der Waals surface area contributed by atoms with E-state index in [2.05, 4.69) is 16.8 Å². The lowest BCUT2D eigenvalue weighted by molar-refractivity contribution is -0.117. The molecule has 0 aliphatic rings. The van der Waals surface area contributed by atoms with Gasteiger partial charge in [-0.2, -0.15) is 0 Å². The van der Waals surface area contributed by atoms with E-state index in [1.807, 2.05) is 18.2 Å². The Balaban J connectivity index is 1.94. The predicted molar refractivity (Wildman–Crippen MR) is 80.9 cm³/mol. The van der Waals surface area contributed by atoms with Crippen molar-refractivity contribution in [2.24, 2.45) is 5.73 Å². The van der Waals surface area contributed by atoms with Gasteiger partial charge in [0.1, 0.15) is 0 Å². The van der Waals surface area contributed by atoms with Gasteiger partial charge < -0.3 is 11.1 Å². The summed E-state index contributed by atoms with van der Waals surface area (Å²) in [5.74, 6) is -0.377. The number of nitrogens with two attached hydrogens (primary N) is 1. The minimum Gasteiger partial charge on any atom is -0.385 e. The molecule has 1 aromatic heterocycles. The van der Waals surface area contributed by atoms with Gasteiger partial charge in [0.25, 0.3) is 0 Å². The summed E-state index contributed by atoms with van der Waals surface area (Å²) in [6.45, 7) is 0.845. The fourth-order valence-electron chi connectivity index (χ4n) is 1.79. The largest absolute Gasteiger partial charge is 0.385 e. The molecule has 3 N–H and O–H groups in total. The summed E-state index contributed by atoms with van der Waals surface area (Å²) < 4.78 is 0. The van der Waals surface area contributed by atoms with Gasteiger partial charge in [0.05, 0.1) is 6.42 Å². The van der Waals surface area contributed by atoms with E-state index in [4.69, 9.17) is 17.3 Å². The monoisotopic (exact) mass is 294 g/mol.